The molecule has 1 atom stereocenters. The Labute approximate surface area is 98.6 Å². The zero-order valence-corrected chi connectivity index (χ0v) is 10.8. The molecule has 1 amide bonds. The minimum Gasteiger partial charge on any atom is -0.380 e. The molecule has 15 heavy (non-hydrogen) atoms. The minimum absolute atomic E-state index is 0. The van der Waals surface area contributed by atoms with Gasteiger partial charge in [0.15, 0.2) is 0 Å². The number of hydrogen-bond acceptors (Lipinski definition) is 3. The van der Waals surface area contributed by atoms with E-state index < -0.39 is 0 Å². The molecular weight excluding hydrogens is 216 g/mol. The van der Waals surface area contributed by atoms with Crippen molar-refractivity contribution in [3.8, 4) is 0 Å². The Kier molecular flexibility index (Phi) is 10.2. The number of rotatable bonds is 6. The van der Waals surface area contributed by atoms with E-state index >= 15 is 0 Å². The Balaban J connectivity index is 0. The van der Waals surface area contributed by atoms with Gasteiger partial charge in [0.1, 0.15) is 0 Å². The fourth-order valence-electron chi connectivity index (χ4n) is 1.40. The van der Waals surface area contributed by atoms with E-state index in [0.717, 1.165) is 6.54 Å². The maximum absolute atomic E-state index is 11.7. The van der Waals surface area contributed by atoms with Crippen molar-refractivity contribution in [1.82, 2.24) is 4.90 Å². The van der Waals surface area contributed by atoms with Gasteiger partial charge in [-0.3, -0.25) is 4.79 Å². The largest absolute Gasteiger partial charge is 0.380 e. The first-order valence-electron chi connectivity index (χ1n) is 5.09. The monoisotopic (exact) mass is 238 g/mol. The predicted molar refractivity (Wildman–Crippen MR) is 64.2 cm³/mol. The third-order valence-electron chi connectivity index (χ3n) is 2.28. The minimum atomic E-state index is -0.157. The molecule has 0 spiro atoms. The molecule has 0 fully saturated rings. The third-order valence-corrected chi connectivity index (χ3v) is 2.28. The number of carbonyl (C=O) groups is 1. The second-order valence-corrected chi connectivity index (χ2v) is 3.57. The highest BCUT2D eigenvalue weighted by Gasteiger charge is 2.18. The number of methoxy groups -OCH3 is 1. The van der Waals surface area contributed by atoms with E-state index in [1.807, 2.05) is 25.7 Å². The lowest BCUT2D eigenvalue weighted by Crippen LogP contribution is -2.40. The van der Waals surface area contributed by atoms with Crippen molar-refractivity contribution in [2.75, 3.05) is 20.2 Å². The molecule has 0 aromatic carbocycles. The molecular formula is C10H23ClN2O2. The van der Waals surface area contributed by atoms with E-state index in [4.69, 9.17) is 10.5 Å². The van der Waals surface area contributed by atoms with Gasteiger partial charge in [-0.15, -0.1) is 12.4 Å². The molecule has 2 N–H and O–H groups in total. The number of carbonyl (C=O) groups excluding carboxylic acids is 1. The Morgan fingerprint density at radius 2 is 2.00 bits per heavy atom. The van der Waals surface area contributed by atoms with Gasteiger partial charge in [-0.1, -0.05) is 0 Å². The van der Waals surface area contributed by atoms with Crippen LogP contribution in [0.15, 0.2) is 0 Å². The maximum atomic E-state index is 11.7. The van der Waals surface area contributed by atoms with Crippen LogP contribution >= 0.6 is 12.4 Å². The first kappa shape index (κ1) is 17.1. The summed E-state index contributed by atoms with van der Waals surface area (Å²) in [6, 6.07) is 0.239. The van der Waals surface area contributed by atoms with Crippen molar-refractivity contribution < 1.29 is 9.53 Å². The van der Waals surface area contributed by atoms with Crippen LogP contribution < -0.4 is 5.73 Å². The summed E-state index contributed by atoms with van der Waals surface area (Å²) in [5.41, 5.74) is 5.45. The molecule has 0 aromatic rings. The van der Waals surface area contributed by atoms with Crippen LogP contribution in [0.3, 0.4) is 0 Å². The van der Waals surface area contributed by atoms with E-state index in [9.17, 15) is 4.79 Å². The lowest BCUT2D eigenvalue weighted by atomic mass is 10.2. The fourth-order valence-corrected chi connectivity index (χ4v) is 1.40. The van der Waals surface area contributed by atoms with Gasteiger partial charge >= 0.3 is 0 Å². The van der Waals surface area contributed by atoms with E-state index in [0.29, 0.717) is 13.0 Å². The predicted octanol–water partition coefficient (Wildman–Crippen LogP) is 1.03. The third kappa shape index (κ3) is 5.97. The smallest absolute Gasteiger partial charge is 0.225 e. The molecule has 0 aliphatic heterocycles. The molecule has 0 bridgehead atoms. The topological polar surface area (TPSA) is 55.6 Å². The van der Waals surface area contributed by atoms with E-state index in [2.05, 4.69) is 0 Å². The molecule has 4 nitrogen and oxygen atoms in total. The van der Waals surface area contributed by atoms with E-state index in [1.54, 1.807) is 7.11 Å². The van der Waals surface area contributed by atoms with Gasteiger partial charge in [-0.25, -0.2) is 0 Å². The van der Waals surface area contributed by atoms with Crippen molar-refractivity contribution >= 4 is 18.3 Å². The second-order valence-electron chi connectivity index (χ2n) is 3.57. The molecule has 0 heterocycles. The average Bonchev–Trinajstić information content (AvgIpc) is 2.14. The molecule has 5 heteroatoms. The molecule has 0 saturated heterocycles. The first-order chi connectivity index (χ1) is 6.56. The zero-order valence-electron chi connectivity index (χ0n) is 10.0. The lowest BCUT2D eigenvalue weighted by molar-refractivity contribution is -0.135. The highest BCUT2D eigenvalue weighted by molar-refractivity contribution is 5.85. The standard InChI is InChI=1S/C10H22N2O2.ClH/c1-5-12(8(2)3)10(13)6-9(7-11)14-4;/h8-9H,5-7,11H2,1-4H3;1H. The Morgan fingerprint density at radius 3 is 2.27 bits per heavy atom. The SMILES string of the molecule is CCN(C(=O)CC(CN)OC)C(C)C.Cl. The number of ether oxygens (including phenoxy) is 1. The van der Waals surface area contributed by atoms with Gasteiger partial charge in [0.2, 0.25) is 5.91 Å². The molecule has 1 unspecified atom stereocenters. The molecule has 0 aliphatic carbocycles. The van der Waals surface area contributed by atoms with Crippen LogP contribution in [0.2, 0.25) is 0 Å². The summed E-state index contributed by atoms with van der Waals surface area (Å²) < 4.78 is 5.07. The van der Waals surface area contributed by atoms with Crippen LogP contribution in [0.1, 0.15) is 27.2 Å². The number of hydrogen-bond donors (Lipinski definition) is 1. The highest BCUT2D eigenvalue weighted by atomic mass is 35.5. The fraction of sp³-hybridized carbons (Fsp3) is 0.900. The molecule has 0 aliphatic rings. The van der Waals surface area contributed by atoms with Gasteiger partial charge in [0, 0.05) is 26.2 Å². The summed E-state index contributed by atoms with van der Waals surface area (Å²) in [7, 11) is 1.58. The normalized spacial score (nSPS) is 12.1. The maximum Gasteiger partial charge on any atom is 0.225 e. The summed E-state index contributed by atoms with van der Waals surface area (Å²) in [5, 5.41) is 0. The number of nitrogens with two attached hydrogens (primary N) is 1. The Bertz CT molecular complexity index is 173. The van der Waals surface area contributed by atoms with Gasteiger partial charge in [-0.05, 0) is 20.8 Å². The summed E-state index contributed by atoms with van der Waals surface area (Å²) in [6.45, 7) is 7.11. The second kappa shape index (κ2) is 8.95. The van der Waals surface area contributed by atoms with Gasteiger partial charge in [0.25, 0.3) is 0 Å². The van der Waals surface area contributed by atoms with Crippen LogP contribution in [-0.2, 0) is 9.53 Å². The van der Waals surface area contributed by atoms with Crippen LogP contribution in [0.5, 0.6) is 0 Å². The molecule has 0 saturated carbocycles. The summed E-state index contributed by atoms with van der Waals surface area (Å²) in [5.74, 6) is 0.111. The van der Waals surface area contributed by atoms with Crippen molar-refractivity contribution in [3.63, 3.8) is 0 Å². The molecule has 92 valence electrons. The quantitative estimate of drug-likeness (QED) is 0.752. The van der Waals surface area contributed by atoms with E-state index in [1.165, 1.54) is 0 Å². The van der Waals surface area contributed by atoms with Crippen molar-refractivity contribution in [3.05, 3.63) is 0 Å². The summed E-state index contributed by atoms with van der Waals surface area (Å²) in [4.78, 5) is 13.6. The van der Waals surface area contributed by atoms with Crippen LogP contribution in [-0.4, -0.2) is 43.2 Å². The van der Waals surface area contributed by atoms with Gasteiger partial charge < -0.3 is 15.4 Å². The highest BCUT2D eigenvalue weighted by Crippen LogP contribution is 2.04. The zero-order chi connectivity index (χ0) is 11.1. The Morgan fingerprint density at radius 1 is 1.47 bits per heavy atom. The summed E-state index contributed by atoms with van der Waals surface area (Å²) in [6.07, 6.45) is 0.217. The van der Waals surface area contributed by atoms with E-state index in [-0.39, 0.29) is 30.5 Å². The summed E-state index contributed by atoms with van der Waals surface area (Å²) >= 11 is 0. The molecule has 0 rings (SSSR count). The first-order valence-corrected chi connectivity index (χ1v) is 5.09. The van der Waals surface area contributed by atoms with Gasteiger partial charge in [-0.2, -0.15) is 0 Å². The van der Waals surface area contributed by atoms with Crippen molar-refractivity contribution in [2.45, 2.75) is 39.3 Å². The van der Waals surface area contributed by atoms with Gasteiger partial charge in [0.05, 0.1) is 12.5 Å². The van der Waals surface area contributed by atoms with Crippen LogP contribution in [0, 0.1) is 0 Å². The number of halogens is 1. The van der Waals surface area contributed by atoms with Crippen LogP contribution in [0.25, 0.3) is 0 Å². The van der Waals surface area contributed by atoms with Crippen LogP contribution in [0.4, 0.5) is 0 Å². The number of nitrogens with zero attached hydrogens (tertiary/aromatic N) is 1. The lowest BCUT2D eigenvalue weighted by Gasteiger charge is -2.26. The van der Waals surface area contributed by atoms with Crippen molar-refractivity contribution in [2.24, 2.45) is 5.73 Å². The molecule has 0 aromatic heterocycles. The Hall–Kier alpha value is -0.320. The average molecular weight is 239 g/mol. The molecule has 0 radical (unpaired) electrons. The number of amides is 1. The van der Waals surface area contributed by atoms with Crippen molar-refractivity contribution in [1.29, 1.82) is 0 Å².